The number of rotatable bonds is 2. The van der Waals surface area contributed by atoms with Crippen LogP contribution in [0.4, 0.5) is 0 Å². The van der Waals surface area contributed by atoms with Gasteiger partial charge in [-0.25, -0.2) is 0 Å². The number of hydrogen-bond acceptors (Lipinski definition) is 0. The molecule has 0 radical (unpaired) electrons. The minimum atomic E-state index is 0.469. The van der Waals surface area contributed by atoms with Gasteiger partial charge in [-0.3, -0.25) is 0 Å². The molecular weight excluding hydrogens is 310 g/mol. The van der Waals surface area contributed by atoms with Gasteiger partial charge in [-0.2, -0.15) is 0 Å². The van der Waals surface area contributed by atoms with Crippen molar-refractivity contribution < 1.29 is 0 Å². The maximum absolute atomic E-state index is 6.25. The summed E-state index contributed by atoms with van der Waals surface area (Å²) < 4.78 is 0. The molecule has 4 heteroatoms. The summed E-state index contributed by atoms with van der Waals surface area (Å²) in [6.07, 6.45) is 0.609. The third kappa shape index (κ3) is 2.62. The Labute approximate surface area is 126 Å². The molecule has 0 atom stereocenters. The highest BCUT2D eigenvalue weighted by atomic mass is 35.5. The molecule has 0 aromatic heterocycles. The van der Waals surface area contributed by atoms with Crippen molar-refractivity contribution in [2.75, 3.05) is 0 Å². The zero-order valence-electron chi connectivity index (χ0n) is 9.61. The first-order valence-electron chi connectivity index (χ1n) is 5.37. The first-order valence-corrected chi connectivity index (χ1v) is 6.89. The molecule has 0 aliphatic carbocycles. The molecule has 0 spiro atoms. The van der Waals surface area contributed by atoms with E-state index in [1.807, 2.05) is 30.3 Å². The molecule has 18 heavy (non-hydrogen) atoms. The van der Waals surface area contributed by atoms with Crippen LogP contribution in [0.15, 0.2) is 30.3 Å². The standard InChI is InChI=1S/C14H10Cl4/c1-8-11(15)13(17)10(14(18)12(8)16)7-9-5-3-2-4-6-9/h2-6H,7H2,1H3. The van der Waals surface area contributed by atoms with Crippen molar-refractivity contribution in [1.82, 2.24) is 0 Å². The van der Waals surface area contributed by atoms with E-state index in [4.69, 9.17) is 46.4 Å². The van der Waals surface area contributed by atoms with Crippen LogP contribution in [0.2, 0.25) is 20.1 Å². The molecule has 0 saturated carbocycles. The van der Waals surface area contributed by atoms with Crippen LogP contribution in [0.3, 0.4) is 0 Å². The van der Waals surface area contributed by atoms with Crippen LogP contribution in [0, 0.1) is 6.92 Å². The lowest BCUT2D eigenvalue weighted by Gasteiger charge is -2.13. The number of hydrogen-bond donors (Lipinski definition) is 0. The summed E-state index contributed by atoms with van der Waals surface area (Å²) in [4.78, 5) is 0. The monoisotopic (exact) mass is 318 g/mol. The molecule has 0 bridgehead atoms. The van der Waals surface area contributed by atoms with Gasteiger partial charge in [0.15, 0.2) is 0 Å². The van der Waals surface area contributed by atoms with Crippen molar-refractivity contribution in [3.8, 4) is 0 Å². The van der Waals surface area contributed by atoms with Crippen molar-refractivity contribution >= 4 is 46.4 Å². The second-order valence-electron chi connectivity index (χ2n) is 4.02. The molecule has 0 unspecified atom stereocenters. The highest BCUT2D eigenvalue weighted by Gasteiger charge is 2.17. The highest BCUT2D eigenvalue weighted by molar-refractivity contribution is 6.48. The number of benzene rings is 2. The van der Waals surface area contributed by atoms with Crippen LogP contribution in [-0.2, 0) is 6.42 Å². The fourth-order valence-electron chi connectivity index (χ4n) is 1.74. The molecule has 0 fully saturated rings. The normalized spacial score (nSPS) is 10.7. The Morgan fingerprint density at radius 2 is 1.28 bits per heavy atom. The second kappa shape index (κ2) is 5.71. The van der Waals surface area contributed by atoms with E-state index in [-0.39, 0.29) is 0 Å². The van der Waals surface area contributed by atoms with Crippen LogP contribution in [0.25, 0.3) is 0 Å². The van der Waals surface area contributed by atoms with Crippen molar-refractivity contribution in [3.05, 3.63) is 67.1 Å². The average Bonchev–Trinajstić information content (AvgIpc) is 2.40. The summed E-state index contributed by atoms with van der Waals surface area (Å²) in [6, 6.07) is 9.91. The fourth-order valence-corrected chi connectivity index (χ4v) is 2.86. The van der Waals surface area contributed by atoms with Gasteiger partial charge in [0.2, 0.25) is 0 Å². The Morgan fingerprint density at radius 1 is 0.778 bits per heavy atom. The van der Waals surface area contributed by atoms with Gasteiger partial charge < -0.3 is 0 Å². The maximum Gasteiger partial charge on any atom is 0.0646 e. The molecule has 2 aromatic rings. The van der Waals surface area contributed by atoms with Crippen molar-refractivity contribution in [1.29, 1.82) is 0 Å². The zero-order valence-corrected chi connectivity index (χ0v) is 12.6. The summed E-state index contributed by atoms with van der Waals surface area (Å²) in [7, 11) is 0. The van der Waals surface area contributed by atoms with Gasteiger partial charge in [0.05, 0.1) is 20.1 Å². The predicted molar refractivity (Wildman–Crippen MR) is 80.5 cm³/mol. The van der Waals surface area contributed by atoms with Gasteiger partial charge in [-0.05, 0) is 23.6 Å². The Kier molecular flexibility index (Phi) is 4.45. The summed E-state index contributed by atoms with van der Waals surface area (Å²) in [5, 5.41) is 1.90. The predicted octanol–water partition coefficient (Wildman–Crippen LogP) is 6.20. The van der Waals surface area contributed by atoms with E-state index in [9.17, 15) is 0 Å². The Hall–Kier alpha value is -0.400. The molecule has 0 saturated heterocycles. The average molecular weight is 320 g/mol. The molecule has 0 aliphatic rings. The Bertz CT molecular complexity index is 547. The van der Waals surface area contributed by atoms with Gasteiger partial charge in [-0.1, -0.05) is 76.7 Å². The SMILES string of the molecule is Cc1c(Cl)c(Cl)c(Cc2ccccc2)c(Cl)c1Cl. The van der Waals surface area contributed by atoms with Crippen molar-refractivity contribution in [2.45, 2.75) is 13.3 Å². The summed E-state index contributed by atoms with van der Waals surface area (Å²) in [5.41, 5.74) is 2.59. The lowest BCUT2D eigenvalue weighted by atomic mass is 10.0. The van der Waals surface area contributed by atoms with Crippen molar-refractivity contribution in [2.24, 2.45) is 0 Å². The zero-order chi connectivity index (χ0) is 13.3. The lowest BCUT2D eigenvalue weighted by Crippen LogP contribution is -1.95. The van der Waals surface area contributed by atoms with E-state index < -0.39 is 0 Å². The second-order valence-corrected chi connectivity index (χ2v) is 5.53. The summed E-state index contributed by atoms with van der Waals surface area (Å²) in [5.74, 6) is 0. The van der Waals surface area contributed by atoms with Gasteiger partial charge in [-0.15, -0.1) is 0 Å². The molecule has 94 valence electrons. The van der Waals surface area contributed by atoms with E-state index in [0.717, 1.165) is 11.1 Å². The number of halogens is 4. The molecule has 0 nitrogen and oxygen atoms in total. The van der Waals surface area contributed by atoms with E-state index in [1.165, 1.54) is 0 Å². The minimum Gasteiger partial charge on any atom is -0.0824 e. The molecular formula is C14H10Cl4. The van der Waals surface area contributed by atoms with E-state index in [0.29, 0.717) is 32.1 Å². The Balaban J connectivity index is 2.52. The molecule has 2 aromatic carbocycles. The third-order valence-corrected chi connectivity index (χ3v) is 4.77. The highest BCUT2D eigenvalue weighted by Crippen LogP contribution is 2.41. The van der Waals surface area contributed by atoms with Gasteiger partial charge in [0, 0.05) is 6.42 Å². The largest absolute Gasteiger partial charge is 0.0824 e. The van der Waals surface area contributed by atoms with E-state index in [2.05, 4.69) is 0 Å². The molecule has 0 heterocycles. The first kappa shape index (κ1) is 14.0. The summed E-state index contributed by atoms with van der Waals surface area (Å²) >= 11 is 24.8. The molecule has 2 rings (SSSR count). The van der Waals surface area contributed by atoms with Crippen LogP contribution in [0.1, 0.15) is 16.7 Å². The van der Waals surface area contributed by atoms with Gasteiger partial charge >= 0.3 is 0 Å². The van der Waals surface area contributed by atoms with Crippen LogP contribution in [-0.4, -0.2) is 0 Å². The van der Waals surface area contributed by atoms with Gasteiger partial charge in [0.25, 0.3) is 0 Å². The lowest BCUT2D eigenvalue weighted by molar-refractivity contribution is 1.19. The fraction of sp³-hybridized carbons (Fsp3) is 0.143. The van der Waals surface area contributed by atoms with E-state index in [1.54, 1.807) is 6.92 Å². The van der Waals surface area contributed by atoms with Crippen LogP contribution >= 0.6 is 46.4 Å². The maximum atomic E-state index is 6.25. The quantitative estimate of drug-likeness (QED) is 0.578. The first-order chi connectivity index (χ1) is 8.52. The van der Waals surface area contributed by atoms with E-state index >= 15 is 0 Å². The minimum absolute atomic E-state index is 0.469. The molecule has 0 N–H and O–H groups in total. The van der Waals surface area contributed by atoms with Crippen molar-refractivity contribution in [3.63, 3.8) is 0 Å². The van der Waals surface area contributed by atoms with Gasteiger partial charge in [0.1, 0.15) is 0 Å². The molecule has 0 aliphatic heterocycles. The topological polar surface area (TPSA) is 0 Å². The summed E-state index contributed by atoms with van der Waals surface area (Å²) in [6.45, 7) is 1.80. The molecule has 0 amide bonds. The Morgan fingerprint density at radius 3 is 1.78 bits per heavy atom. The van der Waals surface area contributed by atoms with Crippen LogP contribution < -0.4 is 0 Å². The smallest absolute Gasteiger partial charge is 0.0646 e. The van der Waals surface area contributed by atoms with Crippen LogP contribution in [0.5, 0.6) is 0 Å². The third-order valence-electron chi connectivity index (χ3n) is 2.80.